The fraction of sp³-hybridized carbons (Fsp3) is 0.333. The molecule has 2 atom stereocenters. The zero-order valence-corrected chi connectivity index (χ0v) is 15.7. The number of benzene rings is 2. The van der Waals surface area contributed by atoms with Crippen molar-refractivity contribution in [2.45, 2.75) is 37.8 Å². The third-order valence-electron chi connectivity index (χ3n) is 5.31. The summed E-state index contributed by atoms with van der Waals surface area (Å²) in [5.74, 6) is -0.857. The molecule has 1 aliphatic rings. The molecule has 2 aromatic carbocycles. The minimum absolute atomic E-state index is 0.0676. The first-order chi connectivity index (χ1) is 13.3. The van der Waals surface area contributed by atoms with Crippen LogP contribution in [0.1, 0.15) is 43.4 Å². The predicted molar refractivity (Wildman–Crippen MR) is 104 cm³/mol. The normalized spacial score (nSPS) is 20.5. The number of primary amides is 1. The van der Waals surface area contributed by atoms with Gasteiger partial charge in [-0.25, -0.2) is 9.18 Å². The van der Waals surface area contributed by atoms with E-state index in [1.54, 1.807) is 29.2 Å². The number of anilines is 1. The van der Waals surface area contributed by atoms with Crippen molar-refractivity contribution in [3.05, 3.63) is 65.5 Å². The largest absolute Gasteiger partial charge is 0.438 e. The van der Waals surface area contributed by atoms with Crippen molar-refractivity contribution < 1.29 is 18.7 Å². The van der Waals surface area contributed by atoms with Gasteiger partial charge in [0.2, 0.25) is 5.91 Å². The van der Waals surface area contributed by atoms with Gasteiger partial charge in [0.1, 0.15) is 11.4 Å². The Kier molecular flexibility index (Phi) is 5.53. The van der Waals surface area contributed by atoms with Crippen molar-refractivity contribution in [3.8, 4) is 0 Å². The molecule has 0 unspecified atom stereocenters. The molecule has 0 radical (unpaired) electrons. The molecule has 4 N–H and O–H groups in total. The van der Waals surface area contributed by atoms with E-state index in [1.807, 2.05) is 19.1 Å². The van der Waals surface area contributed by atoms with Crippen molar-refractivity contribution in [3.63, 3.8) is 0 Å². The summed E-state index contributed by atoms with van der Waals surface area (Å²) >= 11 is 0. The van der Waals surface area contributed by atoms with Crippen LogP contribution in [-0.4, -0.2) is 23.4 Å². The number of nitrogens with two attached hydrogens (primary N) is 2. The number of carbonyl (C=O) groups excluding carboxylic acids is 2. The molecule has 3 rings (SSSR count). The van der Waals surface area contributed by atoms with Gasteiger partial charge in [-0.15, -0.1) is 0 Å². The van der Waals surface area contributed by atoms with Gasteiger partial charge in [-0.3, -0.25) is 4.79 Å². The van der Waals surface area contributed by atoms with Crippen molar-refractivity contribution in [1.29, 1.82) is 0 Å². The molecule has 0 bridgehead atoms. The van der Waals surface area contributed by atoms with Gasteiger partial charge < -0.3 is 21.1 Å². The third kappa shape index (κ3) is 4.08. The number of ether oxygens (including phenoxy) is 1. The Hall–Kier alpha value is -3.09. The van der Waals surface area contributed by atoms with E-state index in [9.17, 15) is 14.0 Å². The van der Waals surface area contributed by atoms with Crippen LogP contribution in [0.25, 0.3) is 0 Å². The fourth-order valence-electron chi connectivity index (χ4n) is 3.58. The number of nitrogens with zero attached hydrogens (tertiary/aromatic N) is 1. The van der Waals surface area contributed by atoms with Crippen LogP contribution in [0.5, 0.6) is 0 Å². The number of halogens is 1. The Morgan fingerprint density at radius 3 is 2.43 bits per heavy atom. The summed E-state index contributed by atoms with van der Waals surface area (Å²) in [6, 6.07) is 12.9. The Morgan fingerprint density at radius 1 is 1.21 bits per heavy atom. The van der Waals surface area contributed by atoms with Gasteiger partial charge in [-0.05, 0) is 42.3 Å². The first-order valence-electron chi connectivity index (χ1n) is 9.20. The summed E-state index contributed by atoms with van der Waals surface area (Å²) in [5.41, 5.74) is 12.3. The number of hydrogen-bond donors (Lipinski definition) is 2. The minimum Gasteiger partial charge on any atom is -0.438 e. The topological polar surface area (TPSA) is 98.7 Å². The number of nitrogen functional groups attached to an aromatic ring is 1. The van der Waals surface area contributed by atoms with Crippen molar-refractivity contribution in [2.75, 3.05) is 12.3 Å². The summed E-state index contributed by atoms with van der Waals surface area (Å²) in [7, 11) is 0. The van der Waals surface area contributed by atoms with Gasteiger partial charge in [0, 0.05) is 31.5 Å². The molecule has 1 aliphatic heterocycles. The molecule has 148 valence electrons. The summed E-state index contributed by atoms with van der Waals surface area (Å²) in [5, 5.41) is 0. The molecule has 0 spiro atoms. The van der Waals surface area contributed by atoms with Crippen LogP contribution in [0.15, 0.2) is 48.5 Å². The van der Waals surface area contributed by atoms with Crippen LogP contribution in [-0.2, 0) is 15.1 Å². The average Bonchev–Trinajstić information content (AvgIpc) is 2.67. The minimum atomic E-state index is -1.00. The van der Waals surface area contributed by atoms with Crippen molar-refractivity contribution in [1.82, 2.24) is 4.90 Å². The standard InChI is InChI=1S/C21H24FN3O3/c1-14(15-2-8-18(23)9-3-15)25-13-12-21(28-20(25)27,11-10-19(24)26)16-4-6-17(22)7-5-16/h2-9,14H,10-13,23H2,1H3,(H2,24,26)/t14-,21+/m0/s1. The van der Waals surface area contributed by atoms with Gasteiger partial charge in [0.15, 0.2) is 0 Å². The molecule has 6 nitrogen and oxygen atoms in total. The molecule has 7 heteroatoms. The maximum atomic E-state index is 13.4. The molecule has 0 aliphatic carbocycles. The number of carbonyl (C=O) groups is 2. The van der Waals surface area contributed by atoms with Crippen LogP contribution in [0, 0.1) is 5.82 Å². The zero-order valence-electron chi connectivity index (χ0n) is 15.7. The summed E-state index contributed by atoms with van der Waals surface area (Å²) < 4.78 is 19.2. The Balaban J connectivity index is 1.83. The molecule has 1 saturated heterocycles. The molecule has 0 aromatic heterocycles. The maximum Gasteiger partial charge on any atom is 0.411 e. The fourth-order valence-corrected chi connectivity index (χ4v) is 3.58. The van der Waals surface area contributed by atoms with Crippen LogP contribution in [0.4, 0.5) is 14.9 Å². The van der Waals surface area contributed by atoms with Gasteiger partial charge in [0.25, 0.3) is 0 Å². The monoisotopic (exact) mass is 385 g/mol. The highest BCUT2D eigenvalue weighted by Gasteiger charge is 2.43. The van der Waals surface area contributed by atoms with Crippen molar-refractivity contribution >= 4 is 17.7 Å². The van der Waals surface area contributed by atoms with E-state index in [0.29, 0.717) is 24.2 Å². The second-order valence-electron chi connectivity index (χ2n) is 7.12. The lowest BCUT2D eigenvalue weighted by Crippen LogP contribution is -2.49. The quantitative estimate of drug-likeness (QED) is 0.744. The molecule has 2 amide bonds. The number of rotatable bonds is 6. The molecule has 1 fully saturated rings. The maximum absolute atomic E-state index is 13.4. The third-order valence-corrected chi connectivity index (χ3v) is 5.31. The highest BCUT2D eigenvalue weighted by atomic mass is 19.1. The van der Waals surface area contributed by atoms with Crippen molar-refractivity contribution in [2.24, 2.45) is 5.73 Å². The molecule has 0 saturated carbocycles. The highest BCUT2D eigenvalue weighted by Crippen LogP contribution is 2.40. The Morgan fingerprint density at radius 2 is 1.86 bits per heavy atom. The van der Waals surface area contributed by atoms with Gasteiger partial charge in [-0.2, -0.15) is 0 Å². The van der Waals surface area contributed by atoms with E-state index >= 15 is 0 Å². The van der Waals surface area contributed by atoms with E-state index in [1.165, 1.54) is 12.1 Å². The van der Waals surface area contributed by atoms with Crippen LogP contribution in [0.2, 0.25) is 0 Å². The highest BCUT2D eigenvalue weighted by molar-refractivity contribution is 5.74. The van der Waals surface area contributed by atoms with E-state index in [-0.39, 0.29) is 24.7 Å². The predicted octanol–water partition coefficient (Wildman–Crippen LogP) is 3.47. The lowest BCUT2D eigenvalue weighted by atomic mass is 9.84. The van der Waals surface area contributed by atoms with Gasteiger partial charge in [0.05, 0.1) is 6.04 Å². The SMILES string of the molecule is C[C@@H](c1ccc(N)cc1)N1CC[C@](CCC(N)=O)(c2ccc(F)cc2)OC1=O. The van der Waals surface area contributed by atoms with Crippen LogP contribution in [0.3, 0.4) is 0 Å². The Labute approximate surface area is 163 Å². The summed E-state index contributed by atoms with van der Waals surface area (Å²) in [6.45, 7) is 2.35. The van der Waals surface area contributed by atoms with Crippen LogP contribution < -0.4 is 11.5 Å². The average molecular weight is 385 g/mol. The van der Waals surface area contributed by atoms with Gasteiger partial charge in [-0.1, -0.05) is 24.3 Å². The van der Waals surface area contributed by atoms with E-state index in [4.69, 9.17) is 16.2 Å². The second-order valence-corrected chi connectivity index (χ2v) is 7.12. The molecule has 1 heterocycles. The Bertz CT molecular complexity index is 854. The number of hydrogen-bond acceptors (Lipinski definition) is 4. The molecule has 2 aromatic rings. The lowest BCUT2D eigenvalue weighted by molar-refractivity contribution is -0.121. The number of cyclic esters (lactones) is 1. The first kappa shape index (κ1) is 19.7. The molecule has 28 heavy (non-hydrogen) atoms. The molecular weight excluding hydrogens is 361 g/mol. The summed E-state index contributed by atoms with van der Waals surface area (Å²) in [6.07, 6.45) is 0.309. The zero-order chi connectivity index (χ0) is 20.3. The van der Waals surface area contributed by atoms with E-state index in [0.717, 1.165) is 5.56 Å². The second kappa shape index (κ2) is 7.88. The molecular formula is C21H24FN3O3. The summed E-state index contributed by atoms with van der Waals surface area (Å²) in [4.78, 5) is 25.8. The van der Waals surface area contributed by atoms with E-state index < -0.39 is 17.6 Å². The first-order valence-corrected chi connectivity index (χ1v) is 9.20. The van der Waals surface area contributed by atoms with Crippen LogP contribution >= 0.6 is 0 Å². The smallest absolute Gasteiger partial charge is 0.411 e. The lowest BCUT2D eigenvalue weighted by Gasteiger charge is -2.43. The van der Waals surface area contributed by atoms with E-state index in [2.05, 4.69) is 0 Å². The van der Waals surface area contributed by atoms with Gasteiger partial charge >= 0.3 is 6.09 Å². The number of amides is 2.